The van der Waals surface area contributed by atoms with Crippen LogP contribution in [0.5, 0.6) is 0 Å². The Kier molecular flexibility index (Phi) is 4.55. The van der Waals surface area contributed by atoms with Crippen molar-refractivity contribution >= 4 is 29.5 Å². The van der Waals surface area contributed by atoms with Crippen molar-refractivity contribution in [3.8, 4) is 0 Å². The molecule has 0 unspecified atom stereocenters. The molecule has 0 radical (unpaired) electrons. The van der Waals surface area contributed by atoms with E-state index in [2.05, 4.69) is 5.16 Å². The van der Waals surface area contributed by atoms with Crippen molar-refractivity contribution in [2.24, 2.45) is 0 Å². The van der Waals surface area contributed by atoms with Gasteiger partial charge in [-0.3, -0.25) is 0 Å². The van der Waals surface area contributed by atoms with E-state index in [0.717, 1.165) is 5.69 Å². The molecule has 0 amide bonds. The van der Waals surface area contributed by atoms with Gasteiger partial charge in [-0.2, -0.15) is 0 Å². The molecule has 0 bridgehead atoms. The van der Waals surface area contributed by atoms with Gasteiger partial charge in [0.25, 0.3) is 0 Å². The molecular formula is C15H15NO3S2. The van der Waals surface area contributed by atoms with Gasteiger partial charge in [0.15, 0.2) is 12.4 Å². The lowest BCUT2D eigenvalue weighted by Gasteiger charge is -2.09. The topological polar surface area (TPSA) is 52.3 Å². The number of benzene rings is 1. The molecule has 21 heavy (non-hydrogen) atoms. The molecule has 1 fully saturated rings. The quantitative estimate of drug-likeness (QED) is 0.798. The molecule has 0 spiro atoms. The van der Waals surface area contributed by atoms with Crippen LogP contribution in [-0.4, -0.2) is 22.6 Å². The van der Waals surface area contributed by atoms with Crippen LogP contribution < -0.4 is 0 Å². The van der Waals surface area contributed by atoms with Crippen molar-refractivity contribution < 1.29 is 14.1 Å². The van der Waals surface area contributed by atoms with E-state index in [9.17, 15) is 4.79 Å². The number of carbonyl (C=O) groups excluding carboxylic acids is 1. The van der Waals surface area contributed by atoms with Crippen molar-refractivity contribution in [2.75, 3.05) is 11.5 Å². The van der Waals surface area contributed by atoms with Gasteiger partial charge in [0.1, 0.15) is 0 Å². The van der Waals surface area contributed by atoms with Crippen molar-refractivity contribution in [1.82, 2.24) is 5.16 Å². The van der Waals surface area contributed by atoms with Crippen molar-refractivity contribution in [3.63, 3.8) is 0 Å². The summed E-state index contributed by atoms with van der Waals surface area (Å²) in [5, 5.41) is 3.75. The van der Waals surface area contributed by atoms with Crippen LogP contribution in [0.3, 0.4) is 0 Å². The minimum atomic E-state index is -0.345. The van der Waals surface area contributed by atoms with Gasteiger partial charge in [-0.05, 0) is 24.6 Å². The van der Waals surface area contributed by atoms with Gasteiger partial charge < -0.3 is 9.26 Å². The summed E-state index contributed by atoms with van der Waals surface area (Å²) in [6.07, 6.45) is 0. The number of thioether (sulfide) groups is 2. The fourth-order valence-electron chi connectivity index (χ4n) is 2.03. The second-order valence-electron chi connectivity index (χ2n) is 4.71. The number of esters is 1. The number of aromatic nitrogens is 1. The molecular weight excluding hydrogens is 306 g/mol. The average Bonchev–Trinajstić information content (AvgIpc) is 3.16. The monoisotopic (exact) mass is 321 g/mol. The van der Waals surface area contributed by atoms with E-state index in [1.54, 1.807) is 6.07 Å². The maximum atomic E-state index is 12.0. The lowest BCUT2D eigenvalue weighted by molar-refractivity contribution is 0.0437. The maximum Gasteiger partial charge on any atom is 0.338 e. The van der Waals surface area contributed by atoms with E-state index in [1.807, 2.05) is 54.7 Å². The molecule has 0 atom stereocenters. The van der Waals surface area contributed by atoms with E-state index in [4.69, 9.17) is 9.26 Å². The summed E-state index contributed by atoms with van der Waals surface area (Å²) >= 11 is 3.89. The SMILES string of the molecule is Cc1cc(COC(=O)c2ccc(C3SCCS3)cc2)on1. The highest BCUT2D eigenvalue weighted by molar-refractivity contribution is 8.19. The molecule has 1 aromatic carbocycles. The van der Waals surface area contributed by atoms with E-state index in [0.29, 0.717) is 15.9 Å². The summed E-state index contributed by atoms with van der Waals surface area (Å²) in [6.45, 7) is 1.93. The zero-order valence-corrected chi connectivity index (χ0v) is 13.2. The largest absolute Gasteiger partial charge is 0.454 e. The molecule has 2 heterocycles. The molecule has 6 heteroatoms. The van der Waals surface area contributed by atoms with Gasteiger partial charge in [0.05, 0.1) is 15.8 Å². The maximum absolute atomic E-state index is 12.0. The molecule has 1 aromatic heterocycles. The van der Waals surface area contributed by atoms with E-state index >= 15 is 0 Å². The Morgan fingerprint density at radius 3 is 2.67 bits per heavy atom. The first-order valence-corrected chi connectivity index (χ1v) is 8.74. The number of carbonyl (C=O) groups is 1. The minimum absolute atomic E-state index is 0.107. The number of hydrogen-bond acceptors (Lipinski definition) is 6. The van der Waals surface area contributed by atoms with Gasteiger partial charge in [0, 0.05) is 17.6 Å². The van der Waals surface area contributed by atoms with Crippen LogP contribution in [-0.2, 0) is 11.3 Å². The van der Waals surface area contributed by atoms with Gasteiger partial charge in [-0.25, -0.2) is 4.79 Å². The predicted octanol–water partition coefficient (Wildman–Crippen LogP) is 3.82. The Morgan fingerprint density at radius 2 is 2.05 bits per heavy atom. The Morgan fingerprint density at radius 1 is 1.33 bits per heavy atom. The number of rotatable bonds is 4. The third-order valence-electron chi connectivity index (χ3n) is 3.06. The van der Waals surface area contributed by atoms with Crippen molar-refractivity contribution in [2.45, 2.75) is 18.1 Å². The second kappa shape index (κ2) is 6.58. The Hall–Kier alpha value is -1.40. The van der Waals surface area contributed by atoms with Gasteiger partial charge in [-0.15, -0.1) is 23.5 Å². The third-order valence-corrected chi connectivity index (χ3v) is 6.17. The van der Waals surface area contributed by atoms with E-state index in [1.165, 1.54) is 17.1 Å². The molecule has 1 aliphatic rings. The highest BCUT2D eigenvalue weighted by Crippen LogP contribution is 2.45. The summed E-state index contributed by atoms with van der Waals surface area (Å²) in [5.74, 6) is 2.59. The van der Waals surface area contributed by atoms with Crippen molar-refractivity contribution in [1.29, 1.82) is 0 Å². The van der Waals surface area contributed by atoms with Crippen LogP contribution in [0.1, 0.15) is 32.0 Å². The van der Waals surface area contributed by atoms with Gasteiger partial charge in [-0.1, -0.05) is 17.3 Å². The first kappa shape index (κ1) is 14.5. The standard InChI is InChI=1S/C15H15NO3S2/c1-10-8-13(19-16-10)9-18-14(17)11-2-4-12(5-3-11)15-20-6-7-21-15/h2-5,8,15H,6-7,9H2,1H3. The minimum Gasteiger partial charge on any atom is -0.454 e. The molecule has 0 N–H and O–H groups in total. The summed E-state index contributed by atoms with van der Waals surface area (Å²) in [6, 6.07) is 9.41. The first-order chi connectivity index (χ1) is 10.2. The molecule has 0 aliphatic carbocycles. The molecule has 110 valence electrons. The number of ether oxygens (including phenoxy) is 1. The third kappa shape index (κ3) is 3.63. The molecule has 1 saturated heterocycles. The number of hydrogen-bond donors (Lipinski definition) is 0. The van der Waals surface area contributed by atoms with Crippen LogP contribution >= 0.6 is 23.5 Å². The summed E-state index contributed by atoms with van der Waals surface area (Å²) in [7, 11) is 0. The van der Waals surface area contributed by atoms with Crippen LogP contribution in [0.15, 0.2) is 34.9 Å². The molecule has 0 saturated carbocycles. The fourth-order valence-corrected chi connectivity index (χ4v) is 4.89. The molecule has 2 aromatic rings. The molecule has 3 rings (SSSR count). The fraction of sp³-hybridized carbons (Fsp3) is 0.333. The highest BCUT2D eigenvalue weighted by Gasteiger charge is 2.18. The zero-order chi connectivity index (χ0) is 14.7. The average molecular weight is 321 g/mol. The lowest BCUT2D eigenvalue weighted by Crippen LogP contribution is -2.05. The van der Waals surface area contributed by atoms with Crippen molar-refractivity contribution in [3.05, 3.63) is 52.9 Å². The lowest BCUT2D eigenvalue weighted by atomic mass is 10.1. The van der Waals surface area contributed by atoms with Crippen LogP contribution in [0.25, 0.3) is 0 Å². The van der Waals surface area contributed by atoms with Crippen LogP contribution in [0.4, 0.5) is 0 Å². The van der Waals surface area contributed by atoms with E-state index in [-0.39, 0.29) is 12.6 Å². The highest BCUT2D eigenvalue weighted by atomic mass is 32.2. The van der Waals surface area contributed by atoms with Crippen LogP contribution in [0, 0.1) is 6.92 Å². The van der Waals surface area contributed by atoms with E-state index < -0.39 is 0 Å². The first-order valence-electron chi connectivity index (χ1n) is 6.65. The van der Waals surface area contributed by atoms with Gasteiger partial charge >= 0.3 is 5.97 Å². The normalized spacial score (nSPS) is 15.3. The Balaban J connectivity index is 1.59. The Bertz CT molecular complexity index is 618. The molecule has 4 nitrogen and oxygen atoms in total. The number of nitrogens with zero attached hydrogens (tertiary/aromatic N) is 1. The second-order valence-corrected chi connectivity index (χ2v) is 7.43. The van der Waals surface area contributed by atoms with Gasteiger partial charge in [0.2, 0.25) is 0 Å². The number of aryl methyl sites for hydroxylation is 1. The molecule has 1 aliphatic heterocycles. The Labute approximate surface area is 131 Å². The summed E-state index contributed by atoms with van der Waals surface area (Å²) < 4.78 is 10.7. The smallest absolute Gasteiger partial charge is 0.338 e. The zero-order valence-electron chi connectivity index (χ0n) is 11.6. The summed E-state index contributed by atoms with van der Waals surface area (Å²) in [4.78, 5) is 12.0. The van der Waals surface area contributed by atoms with Crippen LogP contribution in [0.2, 0.25) is 0 Å². The summed E-state index contributed by atoms with van der Waals surface area (Å²) in [5.41, 5.74) is 2.59. The predicted molar refractivity (Wildman–Crippen MR) is 84.5 cm³/mol.